The standard InChI is InChI=1S/C21H29N5O3S/c1-22-21-18-14-26(30(27,28)17-8-6-16(29-3)7-9-17)12-10-19(18)23-20(24-21)15-5-4-11-25(2)13-15/h6-9,15H,4-5,10-14H2,1-3H3,(H,22,23,24). The van der Waals surface area contributed by atoms with Crippen LogP contribution in [0.5, 0.6) is 5.75 Å². The van der Waals surface area contributed by atoms with Gasteiger partial charge in [0.1, 0.15) is 17.4 Å². The molecule has 1 unspecified atom stereocenters. The Bertz CT molecular complexity index is 993. The average molecular weight is 432 g/mol. The molecule has 30 heavy (non-hydrogen) atoms. The second kappa shape index (κ2) is 8.49. The molecular formula is C21H29N5O3S. The summed E-state index contributed by atoms with van der Waals surface area (Å²) in [5.41, 5.74) is 1.83. The quantitative estimate of drug-likeness (QED) is 0.775. The highest BCUT2D eigenvalue weighted by atomic mass is 32.2. The Hall–Kier alpha value is -2.23. The van der Waals surface area contributed by atoms with Crippen molar-refractivity contribution < 1.29 is 13.2 Å². The van der Waals surface area contributed by atoms with Gasteiger partial charge in [0.2, 0.25) is 10.0 Å². The van der Waals surface area contributed by atoms with Crippen LogP contribution >= 0.6 is 0 Å². The number of nitrogens with one attached hydrogen (secondary N) is 1. The molecule has 1 fully saturated rings. The van der Waals surface area contributed by atoms with Crippen molar-refractivity contribution in [1.82, 2.24) is 19.2 Å². The van der Waals surface area contributed by atoms with Gasteiger partial charge in [-0.05, 0) is 50.7 Å². The Balaban J connectivity index is 1.61. The van der Waals surface area contributed by atoms with Gasteiger partial charge in [-0.1, -0.05) is 0 Å². The number of sulfonamides is 1. The Labute approximate surface area is 178 Å². The number of hydrogen-bond donors (Lipinski definition) is 1. The zero-order valence-electron chi connectivity index (χ0n) is 17.8. The summed E-state index contributed by atoms with van der Waals surface area (Å²) in [4.78, 5) is 12.2. The molecule has 0 amide bonds. The lowest BCUT2D eigenvalue weighted by atomic mass is 9.97. The summed E-state index contributed by atoms with van der Waals surface area (Å²) >= 11 is 0. The van der Waals surface area contributed by atoms with Gasteiger partial charge in [-0.15, -0.1) is 0 Å². The molecule has 2 aliphatic heterocycles. The van der Waals surface area contributed by atoms with Gasteiger partial charge in [0, 0.05) is 44.6 Å². The van der Waals surface area contributed by atoms with E-state index >= 15 is 0 Å². The Morgan fingerprint density at radius 2 is 1.93 bits per heavy atom. The predicted octanol–water partition coefficient (Wildman–Crippen LogP) is 2.08. The van der Waals surface area contributed by atoms with Crippen molar-refractivity contribution in [1.29, 1.82) is 0 Å². The molecule has 1 aromatic carbocycles. The number of benzene rings is 1. The van der Waals surface area contributed by atoms with Crippen LogP contribution in [0.25, 0.3) is 0 Å². The lowest BCUT2D eigenvalue weighted by Gasteiger charge is -2.31. The summed E-state index contributed by atoms with van der Waals surface area (Å²) in [5, 5.41) is 3.17. The van der Waals surface area contributed by atoms with Crippen LogP contribution in [-0.2, 0) is 23.0 Å². The number of piperidine rings is 1. The molecule has 9 heteroatoms. The smallest absolute Gasteiger partial charge is 0.243 e. The molecule has 0 radical (unpaired) electrons. The van der Waals surface area contributed by atoms with Gasteiger partial charge in [0.25, 0.3) is 0 Å². The molecule has 3 heterocycles. The average Bonchev–Trinajstić information content (AvgIpc) is 2.78. The molecule has 0 aliphatic carbocycles. The highest BCUT2D eigenvalue weighted by Gasteiger charge is 2.32. The summed E-state index contributed by atoms with van der Waals surface area (Å²) < 4.78 is 33.0. The first-order chi connectivity index (χ1) is 14.4. The highest BCUT2D eigenvalue weighted by molar-refractivity contribution is 7.89. The van der Waals surface area contributed by atoms with Crippen molar-refractivity contribution in [3.8, 4) is 5.75 Å². The first kappa shape index (κ1) is 21.0. The molecule has 4 rings (SSSR count). The number of hydrogen-bond acceptors (Lipinski definition) is 7. The molecule has 8 nitrogen and oxygen atoms in total. The Kier molecular flexibility index (Phi) is 5.95. The van der Waals surface area contributed by atoms with E-state index in [1.807, 2.05) is 7.05 Å². The number of aromatic nitrogens is 2. The summed E-state index contributed by atoms with van der Waals surface area (Å²) in [6, 6.07) is 6.50. The molecule has 0 saturated carbocycles. The van der Waals surface area contributed by atoms with Gasteiger partial charge in [-0.3, -0.25) is 0 Å². The van der Waals surface area contributed by atoms with E-state index in [1.165, 1.54) is 4.31 Å². The third-order valence-electron chi connectivity index (χ3n) is 5.97. The third-order valence-corrected chi connectivity index (χ3v) is 7.83. The SMILES string of the molecule is CNc1nc(C2CCCN(C)C2)nc2c1CN(S(=O)(=O)c1ccc(OC)cc1)CC2. The van der Waals surface area contributed by atoms with Crippen molar-refractivity contribution in [2.45, 2.75) is 36.6 Å². The number of rotatable bonds is 5. The lowest BCUT2D eigenvalue weighted by molar-refractivity contribution is 0.245. The fourth-order valence-corrected chi connectivity index (χ4v) is 5.69. The zero-order valence-corrected chi connectivity index (χ0v) is 18.6. The van der Waals surface area contributed by atoms with Crippen molar-refractivity contribution in [3.63, 3.8) is 0 Å². The first-order valence-electron chi connectivity index (χ1n) is 10.3. The van der Waals surface area contributed by atoms with Crippen LogP contribution in [0, 0.1) is 0 Å². The minimum absolute atomic E-state index is 0.264. The zero-order chi connectivity index (χ0) is 21.3. The second-order valence-electron chi connectivity index (χ2n) is 7.97. The number of ether oxygens (including phenoxy) is 1. The van der Waals surface area contributed by atoms with E-state index < -0.39 is 10.0 Å². The third kappa shape index (κ3) is 4.01. The van der Waals surface area contributed by atoms with Gasteiger partial charge < -0.3 is 15.0 Å². The minimum atomic E-state index is -3.60. The summed E-state index contributed by atoms with van der Waals surface area (Å²) in [5.74, 6) is 2.56. The van der Waals surface area contributed by atoms with E-state index in [0.717, 1.165) is 48.8 Å². The van der Waals surface area contributed by atoms with Crippen LogP contribution in [0.3, 0.4) is 0 Å². The van der Waals surface area contributed by atoms with Crippen molar-refractivity contribution >= 4 is 15.8 Å². The van der Waals surface area contributed by atoms with E-state index in [-0.39, 0.29) is 11.4 Å². The molecule has 1 N–H and O–H groups in total. The molecule has 2 aliphatic rings. The molecule has 2 aromatic rings. The van der Waals surface area contributed by atoms with Crippen LogP contribution in [-0.4, -0.2) is 68.4 Å². The lowest BCUT2D eigenvalue weighted by Crippen LogP contribution is -2.37. The predicted molar refractivity (Wildman–Crippen MR) is 115 cm³/mol. The minimum Gasteiger partial charge on any atom is -0.497 e. The monoisotopic (exact) mass is 431 g/mol. The number of methoxy groups -OCH3 is 1. The Morgan fingerprint density at radius 1 is 1.17 bits per heavy atom. The van der Waals surface area contributed by atoms with Crippen molar-refractivity contribution in [2.24, 2.45) is 0 Å². The van der Waals surface area contributed by atoms with Crippen LogP contribution in [0.2, 0.25) is 0 Å². The largest absolute Gasteiger partial charge is 0.497 e. The fourth-order valence-electron chi connectivity index (χ4n) is 4.28. The van der Waals surface area contributed by atoms with Gasteiger partial charge in [-0.2, -0.15) is 4.31 Å². The maximum Gasteiger partial charge on any atom is 0.243 e. The van der Waals surface area contributed by atoms with Gasteiger partial charge in [0.05, 0.1) is 17.7 Å². The second-order valence-corrected chi connectivity index (χ2v) is 9.91. The molecular weight excluding hydrogens is 402 g/mol. The molecule has 0 bridgehead atoms. The number of likely N-dealkylation sites (N-methyl/N-ethyl adjacent to an activating group) is 1. The van der Waals surface area contributed by atoms with E-state index in [2.05, 4.69) is 17.3 Å². The van der Waals surface area contributed by atoms with E-state index in [4.69, 9.17) is 14.7 Å². The number of likely N-dealkylation sites (tertiary alicyclic amines) is 1. The Morgan fingerprint density at radius 3 is 2.60 bits per heavy atom. The number of anilines is 1. The number of fused-ring (bicyclic) bond motifs is 1. The van der Waals surface area contributed by atoms with E-state index in [1.54, 1.807) is 31.4 Å². The van der Waals surface area contributed by atoms with Crippen molar-refractivity contribution in [3.05, 3.63) is 41.3 Å². The maximum atomic E-state index is 13.2. The summed E-state index contributed by atoms with van der Waals surface area (Å²) in [6.45, 7) is 2.74. The van der Waals surface area contributed by atoms with Crippen LogP contribution in [0.4, 0.5) is 5.82 Å². The van der Waals surface area contributed by atoms with Crippen molar-refractivity contribution in [2.75, 3.05) is 46.2 Å². The van der Waals surface area contributed by atoms with E-state index in [0.29, 0.717) is 24.6 Å². The van der Waals surface area contributed by atoms with E-state index in [9.17, 15) is 8.42 Å². The summed E-state index contributed by atoms with van der Waals surface area (Å²) in [6.07, 6.45) is 2.81. The van der Waals surface area contributed by atoms with Gasteiger partial charge in [-0.25, -0.2) is 18.4 Å². The van der Waals surface area contributed by atoms with Crippen LogP contribution in [0.1, 0.15) is 35.8 Å². The molecule has 162 valence electrons. The highest BCUT2D eigenvalue weighted by Crippen LogP contribution is 2.31. The molecule has 1 aromatic heterocycles. The molecule has 1 saturated heterocycles. The fraction of sp³-hybridized carbons (Fsp3) is 0.524. The summed E-state index contributed by atoms with van der Waals surface area (Å²) in [7, 11) is 1.91. The first-order valence-corrected chi connectivity index (χ1v) is 11.8. The topological polar surface area (TPSA) is 87.7 Å². The normalized spacial score (nSPS) is 20.6. The van der Waals surface area contributed by atoms with Gasteiger partial charge >= 0.3 is 0 Å². The maximum absolute atomic E-state index is 13.2. The molecule has 1 atom stereocenters. The van der Waals surface area contributed by atoms with Crippen LogP contribution < -0.4 is 10.1 Å². The van der Waals surface area contributed by atoms with Crippen LogP contribution in [0.15, 0.2) is 29.2 Å². The number of nitrogens with zero attached hydrogens (tertiary/aromatic N) is 4. The molecule has 0 spiro atoms. The van der Waals surface area contributed by atoms with Gasteiger partial charge in [0.15, 0.2) is 0 Å².